The number of carbonyl (C=O) groups excluding carboxylic acids is 2. The molecule has 0 saturated heterocycles. The highest BCUT2D eigenvalue weighted by molar-refractivity contribution is 5.94. The van der Waals surface area contributed by atoms with Crippen LogP contribution in [0.5, 0.6) is 5.75 Å². The lowest BCUT2D eigenvalue weighted by Gasteiger charge is -2.03. The Kier molecular flexibility index (Phi) is 7.18. The van der Waals surface area contributed by atoms with Crippen molar-refractivity contribution in [2.75, 3.05) is 19.7 Å². The van der Waals surface area contributed by atoms with E-state index in [0.29, 0.717) is 6.61 Å². The number of carboxylic acids is 1. The maximum absolute atomic E-state index is 11.5. The number of aliphatic carboxylic acids is 1. The molecule has 0 spiro atoms. The molecule has 0 radical (unpaired) electrons. The summed E-state index contributed by atoms with van der Waals surface area (Å²) in [5.41, 5.74) is 0.814. The molecule has 1 aromatic rings. The van der Waals surface area contributed by atoms with Crippen molar-refractivity contribution in [3.8, 4) is 5.75 Å². The minimum atomic E-state index is -1.14. The average molecular weight is 306 g/mol. The van der Waals surface area contributed by atoms with Crippen LogP contribution in [0.15, 0.2) is 30.3 Å². The molecule has 0 saturated carbocycles. The first kappa shape index (κ1) is 17.2. The zero-order valence-electron chi connectivity index (χ0n) is 12.2. The molecule has 0 aliphatic heterocycles. The molecule has 0 aliphatic carbocycles. The van der Waals surface area contributed by atoms with Gasteiger partial charge in [-0.2, -0.15) is 0 Å². The van der Waals surface area contributed by atoms with Gasteiger partial charge in [0.1, 0.15) is 12.3 Å². The molecule has 1 aromatic carbocycles. The number of nitrogens with one attached hydrogen (secondary N) is 2. The van der Waals surface area contributed by atoms with Gasteiger partial charge in [-0.1, -0.05) is 12.1 Å². The van der Waals surface area contributed by atoms with Crippen molar-refractivity contribution in [2.45, 2.75) is 6.92 Å². The quantitative estimate of drug-likeness (QED) is 0.604. The van der Waals surface area contributed by atoms with Gasteiger partial charge in [0.25, 0.3) is 0 Å². The van der Waals surface area contributed by atoms with Crippen molar-refractivity contribution < 1.29 is 24.2 Å². The van der Waals surface area contributed by atoms with Crippen LogP contribution in [0.25, 0.3) is 6.08 Å². The van der Waals surface area contributed by atoms with Crippen molar-refractivity contribution in [3.63, 3.8) is 0 Å². The average Bonchev–Trinajstić information content (AvgIpc) is 2.50. The maximum atomic E-state index is 11.5. The fourth-order valence-electron chi connectivity index (χ4n) is 1.48. The van der Waals surface area contributed by atoms with E-state index in [1.54, 1.807) is 30.3 Å². The number of carboxylic acid groups (broad SMARTS) is 1. The molecule has 22 heavy (non-hydrogen) atoms. The van der Waals surface area contributed by atoms with Crippen LogP contribution < -0.4 is 15.4 Å². The van der Waals surface area contributed by atoms with Gasteiger partial charge in [0, 0.05) is 6.08 Å². The van der Waals surface area contributed by atoms with Gasteiger partial charge >= 0.3 is 5.97 Å². The third-order valence-corrected chi connectivity index (χ3v) is 2.48. The lowest BCUT2D eigenvalue weighted by Crippen LogP contribution is -2.38. The molecule has 0 heterocycles. The van der Waals surface area contributed by atoms with E-state index >= 15 is 0 Å². The summed E-state index contributed by atoms with van der Waals surface area (Å²) >= 11 is 0. The highest BCUT2D eigenvalue weighted by Crippen LogP contribution is 2.12. The van der Waals surface area contributed by atoms with Crippen LogP contribution in [-0.2, 0) is 14.4 Å². The Balaban J connectivity index is 2.37. The second-order valence-electron chi connectivity index (χ2n) is 4.22. The van der Waals surface area contributed by atoms with Gasteiger partial charge in [0.2, 0.25) is 11.8 Å². The second-order valence-corrected chi connectivity index (χ2v) is 4.22. The third-order valence-electron chi connectivity index (χ3n) is 2.48. The summed E-state index contributed by atoms with van der Waals surface area (Å²) in [5.74, 6) is -1.40. The van der Waals surface area contributed by atoms with E-state index in [4.69, 9.17) is 9.84 Å². The standard InChI is InChI=1S/C15H18N2O5/c1-2-22-12-6-3-11(4-7-12)5-8-13(18)16-9-14(19)17-10-15(20)21/h3-8H,2,9-10H2,1H3,(H,16,18)(H,17,19)(H,20,21)/b8-5+. The molecule has 0 aliphatic rings. The molecular formula is C15H18N2O5. The van der Waals surface area contributed by atoms with Crippen LogP contribution in [0.4, 0.5) is 0 Å². The molecule has 3 N–H and O–H groups in total. The Bertz CT molecular complexity index is 552. The minimum Gasteiger partial charge on any atom is -0.494 e. The van der Waals surface area contributed by atoms with Crippen molar-refractivity contribution in [1.29, 1.82) is 0 Å². The van der Waals surface area contributed by atoms with E-state index in [9.17, 15) is 14.4 Å². The molecule has 7 nitrogen and oxygen atoms in total. The topological polar surface area (TPSA) is 105 Å². The SMILES string of the molecule is CCOc1ccc(/C=C/C(=O)NCC(=O)NCC(=O)O)cc1. The van der Waals surface area contributed by atoms with Gasteiger partial charge < -0.3 is 20.5 Å². The number of ether oxygens (including phenoxy) is 1. The Morgan fingerprint density at radius 2 is 1.82 bits per heavy atom. The van der Waals surface area contributed by atoms with Gasteiger partial charge in [-0.3, -0.25) is 14.4 Å². The number of hydrogen-bond acceptors (Lipinski definition) is 4. The Morgan fingerprint density at radius 3 is 2.41 bits per heavy atom. The highest BCUT2D eigenvalue weighted by atomic mass is 16.5. The molecule has 0 bridgehead atoms. The summed E-state index contributed by atoms with van der Waals surface area (Å²) in [7, 11) is 0. The monoisotopic (exact) mass is 306 g/mol. The lowest BCUT2D eigenvalue weighted by molar-refractivity contribution is -0.137. The number of benzene rings is 1. The van der Waals surface area contributed by atoms with Gasteiger partial charge in [-0.25, -0.2) is 0 Å². The fourth-order valence-corrected chi connectivity index (χ4v) is 1.48. The zero-order chi connectivity index (χ0) is 16.4. The zero-order valence-corrected chi connectivity index (χ0v) is 12.2. The largest absolute Gasteiger partial charge is 0.494 e. The summed E-state index contributed by atoms with van der Waals surface area (Å²) in [6.45, 7) is 1.72. The Labute approximate surface area is 128 Å². The predicted octanol–water partition coefficient (Wildman–Crippen LogP) is 0.416. The summed E-state index contributed by atoms with van der Waals surface area (Å²) in [4.78, 5) is 33.0. The van der Waals surface area contributed by atoms with E-state index in [-0.39, 0.29) is 6.54 Å². The first-order valence-corrected chi connectivity index (χ1v) is 6.68. The van der Waals surface area contributed by atoms with E-state index in [1.165, 1.54) is 6.08 Å². The molecule has 0 aromatic heterocycles. The highest BCUT2D eigenvalue weighted by Gasteiger charge is 2.04. The predicted molar refractivity (Wildman–Crippen MR) is 80.3 cm³/mol. The molecule has 0 atom stereocenters. The van der Waals surface area contributed by atoms with Crippen LogP contribution in [-0.4, -0.2) is 42.6 Å². The van der Waals surface area contributed by atoms with Crippen molar-refractivity contribution in [2.24, 2.45) is 0 Å². The smallest absolute Gasteiger partial charge is 0.322 e. The molecular weight excluding hydrogens is 288 g/mol. The first-order chi connectivity index (χ1) is 10.5. The van der Waals surface area contributed by atoms with Crippen LogP contribution in [0.3, 0.4) is 0 Å². The van der Waals surface area contributed by atoms with E-state index < -0.39 is 24.3 Å². The lowest BCUT2D eigenvalue weighted by atomic mass is 10.2. The van der Waals surface area contributed by atoms with E-state index in [2.05, 4.69) is 10.6 Å². The maximum Gasteiger partial charge on any atom is 0.322 e. The summed E-state index contributed by atoms with van der Waals surface area (Å²) < 4.78 is 5.30. The Hall–Kier alpha value is -2.83. The van der Waals surface area contributed by atoms with Crippen LogP contribution in [0, 0.1) is 0 Å². The molecule has 7 heteroatoms. The van der Waals surface area contributed by atoms with Gasteiger partial charge in [-0.15, -0.1) is 0 Å². The van der Waals surface area contributed by atoms with Gasteiger partial charge in [0.05, 0.1) is 13.2 Å². The summed E-state index contributed by atoms with van der Waals surface area (Å²) in [6, 6.07) is 7.18. The minimum absolute atomic E-state index is 0.278. The second kappa shape index (κ2) is 9.17. The van der Waals surface area contributed by atoms with Gasteiger partial charge in [0.15, 0.2) is 0 Å². The molecule has 0 fully saturated rings. The third kappa shape index (κ3) is 7.09. The van der Waals surface area contributed by atoms with E-state index in [1.807, 2.05) is 6.92 Å². The van der Waals surface area contributed by atoms with Crippen LogP contribution in [0.1, 0.15) is 12.5 Å². The summed E-state index contributed by atoms with van der Waals surface area (Å²) in [6.07, 6.45) is 2.89. The molecule has 118 valence electrons. The molecule has 2 amide bonds. The van der Waals surface area contributed by atoms with Gasteiger partial charge in [-0.05, 0) is 30.7 Å². The first-order valence-electron chi connectivity index (χ1n) is 6.68. The van der Waals surface area contributed by atoms with Crippen molar-refractivity contribution in [1.82, 2.24) is 10.6 Å². The number of hydrogen-bond donors (Lipinski definition) is 3. The number of carbonyl (C=O) groups is 3. The van der Waals surface area contributed by atoms with E-state index in [0.717, 1.165) is 11.3 Å². The summed E-state index contributed by atoms with van der Waals surface area (Å²) in [5, 5.41) is 12.9. The van der Waals surface area contributed by atoms with Crippen LogP contribution >= 0.6 is 0 Å². The Morgan fingerprint density at radius 1 is 1.14 bits per heavy atom. The van der Waals surface area contributed by atoms with Crippen LogP contribution in [0.2, 0.25) is 0 Å². The fraction of sp³-hybridized carbons (Fsp3) is 0.267. The van der Waals surface area contributed by atoms with Crippen molar-refractivity contribution in [3.05, 3.63) is 35.9 Å². The number of rotatable bonds is 8. The van der Waals surface area contributed by atoms with Crippen molar-refractivity contribution >= 4 is 23.9 Å². The normalized spacial score (nSPS) is 10.2. The molecule has 1 rings (SSSR count). The molecule has 0 unspecified atom stereocenters. The number of amides is 2.